The highest BCUT2D eigenvalue weighted by Crippen LogP contribution is 2.19. The second kappa shape index (κ2) is 5.30. The lowest BCUT2D eigenvalue weighted by Gasteiger charge is -2.15. The predicted molar refractivity (Wildman–Crippen MR) is 62.1 cm³/mol. The molecule has 0 aromatic carbocycles. The van der Waals surface area contributed by atoms with Gasteiger partial charge in [0.25, 0.3) is 0 Å². The molecule has 0 unspecified atom stereocenters. The van der Waals surface area contributed by atoms with Gasteiger partial charge >= 0.3 is 6.01 Å². The van der Waals surface area contributed by atoms with Crippen LogP contribution in [-0.2, 0) is 0 Å². The van der Waals surface area contributed by atoms with Gasteiger partial charge in [0.2, 0.25) is 11.2 Å². The smallest absolute Gasteiger partial charge is 0.322 e. The second-order valence-electron chi connectivity index (χ2n) is 3.73. The van der Waals surface area contributed by atoms with Crippen LogP contribution in [0.25, 0.3) is 0 Å². The molecule has 1 fully saturated rings. The van der Waals surface area contributed by atoms with Gasteiger partial charge < -0.3 is 9.64 Å². The lowest BCUT2D eigenvalue weighted by Crippen LogP contribution is -2.21. The maximum Gasteiger partial charge on any atom is 0.322 e. The summed E-state index contributed by atoms with van der Waals surface area (Å²) in [5, 5.41) is 0.197. The van der Waals surface area contributed by atoms with Crippen LogP contribution >= 0.6 is 11.6 Å². The topological polar surface area (TPSA) is 51.1 Å². The molecule has 0 aliphatic carbocycles. The molecule has 2 heterocycles. The van der Waals surface area contributed by atoms with E-state index in [1.807, 2.05) is 6.92 Å². The van der Waals surface area contributed by atoms with Gasteiger partial charge in [-0.15, -0.1) is 0 Å². The molecule has 0 amide bonds. The Bertz CT molecular complexity index is 355. The monoisotopic (exact) mass is 242 g/mol. The minimum Gasteiger partial charge on any atom is -0.463 e. The van der Waals surface area contributed by atoms with E-state index in [4.69, 9.17) is 16.3 Å². The van der Waals surface area contributed by atoms with Gasteiger partial charge in [-0.1, -0.05) is 6.92 Å². The number of aromatic nitrogens is 3. The molecule has 1 aliphatic heterocycles. The van der Waals surface area contributed by atoms with Gasteiger partial charge in [-0.3, -0.25) is 0 Å². The molecule has 88 valence electrons. The molecule has 6 heteroatoms. The van der Waals surface area contributed by atoms with Crippen LogP contribution in [0.15, 0.2) is 0 Å². The number of nitrogens with zero attached hydrogens (tertiary/aromatic N) is 4. The third-order valence-electron chi connectivity index (χ3n) is 2.40. The first-order valence-corrected chi connectivity index (χ1v) is 5.96. The molecule has 0 radical (unpaired) electrons. The van der Waals surface area contributed by atoms with Crippen molar-refractivity contribution in [2.45, 2.75) is 26.2 Å². The molecule has 0 atom stereocenters. The third kappa shape index (κ3) is 2.72. The molecule has 0 spiro atoms. The molecule has 0 saturated carbocycles. The Morgan fingerprint density at radius 1 is 1.25 bits per heavy atom. The Hall–Kier alpha value is -1.10. The highest BCUT2D eigenvalue weighted by molar-refractivity contribution is 6.28. The van der Waals surface area contributed by atoms with Crippen LogP contribution < -0.4 is 9.64 Å². The van der Waals surface area contributed by atoms with Crippen LogP contribution in [0.1, 0.15) is 26.2 Å². The van der Waals surface area contributed by atoms with Gasteiger partial charge in [-0.2, -0.15) is 15.0 Å². The summed E-state index contributed by atoms with van der Waals surface area (Å²) >= 11 is 5.84. The molecule has 1 saturated heterocycles. The molecule has 1 aliphatic rings. The largest absolute Gasteiger partial charge is 0.463 e. The summed E-state index contributed by atoms with van der Waals surface area (Å²) < 4.78 is 5.36. The van der Waals surface area contributed by atoms with Crippen molar-refractivity contribution in [3.8, 4) is 6.01 Å². The highest BCUT2D eigenvalue weighted by Gasteiger charge is 2.17. The molecule has 5 nitrogen and oxygen atoms in total. The van der Waals surface area contributed by atoms with Crippen molar-refractivity contribution >= 4 is 17.5 Å². The summed E-state index contributed by atoms with van der Waals surface area (Å²) in [4.78, 5) is 14.4. The van der Waals surface area contributed by atoms with Gasteiger partial charge in [0.1, 0.15) is 0 Å². The third-order valence-corrected chi connectivity index (χ3v) is 2.57. The van der Waals surface area contributed by atoms with Crippen LogP contribution in [0.2, 0.25) is 5.28 Å². The van der Waals surface area contributed by atoms with Gasteiger partial charge in [0.15, 0.2) is 0 Å². The Labute approximate surface area is 99.8 Å². The summed E-state index contributed by atoms with van der Waals surface area (Å²) in [7, 11) is 0. The normalized spacial score (nSPS) is 15.5. The molecule has 2 rings (SSSR count). The zero-order chi connectivity index (χ0) is 11.4. The Kier molecular flexibility index (Phi) is 3.77. The van der Waals surface area contributed by atoms with Crippen LogP contribution in [0.3, 0.4) is 0 Å². The zero-order valence-electron chi connectivity index (χ0n) is 9.32. The van der Waals surface area contributed by atoms with Gasteiger partial charge in [-0.25, -0.2) is 0 Å². The number of hydrogen-bond acceptors (Lipinski definition) is 5. The lowest BCUT2D eigenvalue weighted by molar-refractivity contribution is 0.291. The molecule has 1 aromatic rings. The SMILES string of the molecule is CCCOc1nc(Cl)nc(N2CCCC2)n1. The summed E-state index contributed by atoms with van der Waals surface area (Å²) in [6, 6.07) is 0.323. The minimum atomic E-state index is 0.197. The van der Waals surface area contributed by atoms with Crippen molar-refractivity contribution in [2.24, 2.45) is 0 Å². The summed E-state index contributed by atoms with van der Waals surface area (Å²) in [6.07, 6.45) is 3.27. The number of hydrogen-bond donors (Lipinski definition) is 0. The number of halogens is 1. The van der Waals surface area contributed by atoms with Crippen molar-refractivity contribution < 1.29 is 4.74 Å². The quantitative estimate of drug-likeness (QED) is 0.807. The van der Waals surface area contributed by atoms with Crippen molar-refractivity contribution in [1.82, 2.24) is 15.0 Å². The van der Waals surface area contributed by atoms with Crippen molar-refractivity contribution in [3.05, 3.63) is 5.28 Å². The molecule has 0 N–H and O–H groups in total. The Morgan fingerprint density at radius 2 is 2.00 bits per heavy atom. The molecule has 16 heavy (non-hydrogen) atoms. The van der Waals surface area contributed by atoms with E-state index in [9.17, 15) is 0 Å². The van der Waals surface area contributed by atoms with E-state index in [1.54, 1.807) is 0 Å². The fourth-order valence-corrected chi connectivity index (χ4v) is 1.79. The second-order valence-corrected chi connectivity index (χ2v) is 4.07. The lowest BCUT2D eigenvalue weighted by atomic mass is 10.4. The Balaban J connectivity index is 2.14. The molecule has 1 aromatic heterocycles. The van der Waals surface area contributed by atoms with E-state index in [0.717, 1.165) is 19.5 Å². The van der Waals surface area contributed by atoms with Gasteiger partial charge in [0.05, 0.1) is 6.61 Å². The van der Waals surface area contributed by atoms with E-state index in [1.165, 1.54) is 12.8 Å². The minimum absolute atomic E-state index is 0.197. The Morgan fingerprint density at radius 3 is 2.69 bits per heavy atom. The van der Waals surface area contributed by atoms with Crippen molar-refractivity contribution in [2.75, 3.05) is 24.6 Å². The maximum absolute atomic E-state index is 5.84. The van der Waals surface area contributed by atoms with E-state index < -0.39 is 0 Å². The number of rotatable bonds is 4. The van der Waals surface area contributed by atoms with Gasteiger partial charge in [-0.05, 0) is 30.9 Å². The fourth-order valence-electron chi connectivity index (χ4n) is 1.64. The first kappa shape index (κ1) is 11.4. The van der Waals surface area contributed by atoms with Gasteiger partial charge in [0, 0.05) is 13.1 Å². The van der Waals surface area contributed by atoms with Crippen molar-refractivity contribution in [3.63, 3.8) is 0 Å². The maximum atomic E-state index is 5.84. The van der Waals surface area contributed by atoms with E-state index in [0.29, 0.717) is 18.6 Å². The average molecular weight is 243 g/mol. The van der Waals surface area contributed by atoms with Crippen LogP contribution in [-0.4, -0.2) is 34.6 Å². The van der Waals surface area contributed by atoms with E-state index in [-0.39, 0.29) is 5.28 Å². The number of ether oxygens (including phenoxy) is 1. The van der Waals surface area contributed by atoms with E-state index >= 15 is 0 Å². The zero-order valence-corrected chi connectivity index (χ0v) is 10.1. The van der Waals surface area contributed by atoms with Crippen LogP contribution in [0.5, 0.6) is 6.01 Å². The number of anilines is 1. The average Bonchev–Trinajstić information content (AvgIpc) is 2.79. The molecule has 0 bridgehead atoms. The van der Waals surface area contributed by atoms with Crippen LogP contribution in [0.4, 0.5) is 5.95 Å². The first-order valence-electron chi connectivity index (χ1n) is 5.59. The summed E-state index contributed by atoms with van der Waals surface area (Å²) in [6.45, 7) is 4.59. The highest BCUT2D eigenvalue weighted by atomic mass is 35.5. The predicted octanol–water partition coefficient (Wildman–Crippen LogP) is 1.91. The molecular formula is C10H15ClN4O. The fraction of sp³-hybridized carbons (Fsp3) is 0.700. The van der Waals surface area contributed by atoms with E-state index in [2.05, 4.69) is 19.9 Å². The van der Waals surface area contributed by atoms with Crippen molar-refractivity contribution in [1.29, 1.82) is 0 Å². The summed E-state index contributed by atoms with van der Waals surface area (Å²) in [5.41, 5.74) is 0. The molecular weight excluding hydrogens is 228 g/mol. The standard InChI is InChI=1S/C10H15ClN4O/c1-2-7-16-10-13-8(11)12-9(14-10)15-5-3-4-6-15/h2-7H2,1H3. The first-order chi connectivity index (χ1) is 7.79. The summed E-state index contributed by atoms with van der Waals surface area (Å²) in [5.74, 6) is 0.628. The van der Waals surface area contributed by atoms with Crippen LogP contribution in [0, 0.1) is 0 Å².